The molecule has 1 aliphatic heterocycles. The number of piperazine rings is 1. The molecule has 17 heavy (non-hydrogen) atoms. The first-order chi connectivity index (χ1) is 8.04. The molecule has 2 amide bonds. The molecule has 1 fully saturated rings. The van der Waals surface area contributed by atoms with E-state index in [1.807, 2.05) is 0 Å². The van der Waals surface area contributed by atoms with Gasteiger partial charge in [-0.2, -0.15) is 0 Å². The second-order valence-electron chi connectivity index (χ2n) is 3.93. The summed E-state index contributed by atoms with van der Waals surface area (Å²) in [7, 11) is 0. The third kappa shape index (κ3) is 4.03. The highest BCUT2D eigenvalue weighted by Gasteiger charge is 2.24. The number of nitrogens with one attached hydrogen (secondary N) is 3. The van der Waals surface area contributed by atoms with Gasteiger partial charge < -0.3 is 15.7 Å². The Kier molecular flexibility index (Phi) is 4.89. The maximum atomic E-state index is 11.6. The number of carboxylic acids is 1. The zero-order valence-corrected chi connectivity index (χ0v) is 9.66. The Morgan fingerprint density at radius 3 is 2.76 bits per heavy atom. The SMILES string of the molecule is CCC(CNC(=O)C1CNC(=O)CN1)C(=O)O. The summed E-state index contributed by atoms with van der Waals surface area (Å²) in [5.41, 5.74) is 0. The lowest BCUT2D eigenvalue weighted by atomic mass is 10.1. The van der Waals surface area contributed by atoms with Gasteiger partial charge in [-0.05, 0) is 6.42 Å². The lowest BCUT2D eigenvalue weighted by molar-refractivity contribution is -0.141. The van der Waals surface area contributed by atoms with Gasteiger partial charge >= 0.3 is 5.97 Å². The van der Waals surface area contributed by atoms with Crippen molar-refractivity contribution >= 4 is 17.8 Å². The van der Waals surface area contributed by atoms with Crippen LogP contribution in [0.2, 0.25) is 0 Å². The summed E-state index contributed by atoms with van der Waals surface area (Å²) in [5, 5.41) is 16.7. The molecule has 0 aromatic rings. The first-order valence-electron chi connectivity index (χ1n) is 5.55. The molecule has 0 spiro atoms. The summed E-state index contributed by atoms with van der Waals surface area (Å²) in [6.07, 6.45) is 0.463. The number of carbonyl (C=O) groups is 3. The van der Waals surface area contributed by atoms with E-state index in [9.17, 15) is 14.4 Å². The van der Waals surface area contributed by atoms with Gasteiger partial charge in [-0.25, -0.2) is 0 Å². The van der Waals surface area contributed by atoms with E-state index in [-0.39, 0.29) is 31.4 Å². The van der Waals surface area contributed by atoms with Gasteiger partial charge in [0.2, 0.25) is 11.8 Å². The van der Waals surface area contributed by atoms with Crippen molar-refractivity contribution in [1.82, 2.24) is 16.0 Å². The molecule has 0 aromatic carbocycles. The molecule has 2 atom stereocenters. The van der Waals surface area contributed by atoms with E-state index < -0.39 is 17.9 Å². The number of amides is 2. The van der Waals surface area contributed by atoms with Crippen LogP contribution < -0.4 is 16.0 Å². The number of aliphatic carboxylic acids is 1. The molecule has 7 heteroatoms. The smallest absolute Gasteiger partial charge is 0.308 e. The predicted octanol–water partition coefficient (Wildman–Crippen LogP) is -1.70. The van der Waals surface area contributed by atoms with Crippen molar-refractivity contribution in [1.29, 1.82) is 0 Å². The van der Waals surface area contributed by atoms with Crippen LogP contribution in [0.4, 0.5) is 0 Å². The fourth-order valence-corrected chi connectivity index (χ4v) is 1.51. The third-order valence-electron chi connectivity index (χ3n) is 2.69. The second-order valence-corrected chi connectivity index (χ2v) is 3.93. The zero-order valence-electron chi connectivity index (χ0n) is 9.66. The van der Waals surface area contributed by atoms with Crippen LogP contribution in [0.3, 0.4) is 0 Å². The lowest BCUT2D eigenvalue weighted by Crippen LogP contribution is -2.58. The molecule has 2 unspecified atom stereocenters. The molecular formula is C10H17N3O4. The molecule has 0 aliphatic carbocycles. The minimum atomic E-state index is -0.919. The van der Waals surface area contributed by atoms with Gasteiger partial charge in [-0.3, -0.25) is 19.7 Å². The summed E-state index contributed by atoms with van der Waals surface area (Å²) < 4.78 is 0. The van der Waals surface area contributed by atoms with Crippen LogP contribution in [0.5, 0.6) is 0 Å². The fourth-order valence-electron chi connectivity index (χ4n) is 1.51. The van der Waals surface area contributed by atoms with Crippen molar-refractivity contribution in [2.24, 2.45) is 5.92 Å². The molecule has 0 radical (unpaired) electrons. The topological polar surface area (TPSA) is 108 Å². The van der Waals surface area contributed by atoms with Gasteiger partial charge in [-0.1, -0.05) is 6.92 Å². The predicted molar refractivity (Wildman–Crippen MR) is 59.2 cm³/mol. The van der Waals surface area contributed by atoms with Crippen LogP contribution >= 0.6 is 0 Å². The summed E-state index contributed by atoms with van der Waals surface area (Å²) in [4.78, 5) is 33.2. The Morgan fingerprint density at radius 1 is 1.59 bits per heavy atom. The van der Waals surface area contributed by atoms with Crippen LogP contribution in [0.1, 0.15) is 13.3 Å². The number of carbonyl (C=O) groups excluding carboxylic acids is 2. The van der Waals surface area contributed by atoms with Crippen molar-refractivity contribution in [3.05, 3.63) is 0 Å². The standard InChI is InChI=1S/C10H17N3O4/c1-2-6(10(16)17)3-13-9(15)7-4-12-8(14)5-11-7/h6-7,11H,2-5H2,1H3,(H,12,14)(H,13,15)(H,16,17). The highest BCUT2D eigenvalue weighted by atomic mass is 16.4. The Balaban J connectivity index is 2.34. The minimum Gasteiger partial charge on any atom is -0.481 e. The second kappa shape index (κ2) is 6.19. The van der Waals surface area contributed by atoms with Crippen LogP contribution in [0.25, 0.3) is 0 Å². The number of rotatable bonds is 5. The first-order valence-corrected chi connectivity index (χ1v) is 5.55. The quantitative estimate of drug-likeness (QED) is 0.460. The lowest BCUT2D eigenvalue weighted by Gasteiger charge is -2.23. The molecule has 0 bridgehead atoms. The average Bonchev–Trinajstić information content (AvgIpc) is 2.30. The van der Waals surface area contributed by atoms with E-state index in [1.54, 1.807) is 6.92 Å². The number of carboxylic acid groups (broad SMARTS) is 1. The Hall–Kier alpha value is -1.63. The van der Waals surface area contributed by atoms with Gasteiger partial charge in [0.25, 0.3) is 0 Å². The Bertz CT molecular complexity index is 309. The number of hydrogen-bond acceptors (Lipinski definition) is 4. The normalized spacial score (nSPS) is 21.5. The van der Waals surface area contributed by atoms with E-state index in [0.717, 1.165) is 0 Å². The first kappa shape index (κ1) is 13.4. The average molecular weight is 243 g/mol. The van der Waals surface area contributed by atoms with Crippen molar-refractivity contribution in [2.75, 3.05) is 19.6 Å². The molecule has 96 valence electrons. The summed E-state index contributed by atoms with van der Waals surface area (Å²) >= 11 is 0. The number of hydrogen-bond donors (Lipinski definition) is 4. The van der Waals surface area contributed by atoms with Crippen molar-refractivity contribution in [2.45, 2.75) is 19.4 Å². The summed E-state index contributed by atoms with van der Waals surface area (Å²) in [5.74, 6) is -1.93. The van der Waals surface area contributed by atoms with Gasteiger partial charge in [-0.15, -0.1) is 0 Å². The van der Waals surface area contributed by atoms with E-state index in [1.165, 1.54) is 0 Å². The van der Waals surface area contributed by atoms with Crippen molar-refractivity contribution < 1.29 is 19.5 Å². The van der Waals surface area contributed by atoms with Crippen LogP contribution in [-0.4, -0.2) is 48.6 Å². The molecule has 0 aromatic heterocycles. The minimum absolute atomic E-state index is 0.105. The van der Waals surface area contributed by atoms with Crippen molar-refractivity contribution in [3.63, 3.8) is 0 Å². The molecular weight excluding hydrogens is 226 g/mol. The van der Waals surface area contributed by atoms with E-state index >= 15 is 0 Å². The zero-order chi connectivity index (χ0) is 12.8. The molecule has 0 saturated carbocycles. The molecule has 4 N–H and O–H groups in total. The highest BCUT2D eigenvalue weighted by Crippen LogP contribution is 2.00. The van der Waals surface area contributed by atoms with E-state index in [2.05, 4.69) is 16.0 Å². The van der Waals surface area contributed by atoms with Gasteiger partial charge in [0, 0.05) is 13.1 Å². The van der Waals surface area contributed by atoms with E-state index in [0.29, 0.717) is 6.42 Å². The molecule has 1 saturated heterocycles. The monoisotopic (exact) mass is 243 g/mol. The maximum Gasteiger partial charge on any atom is 0.308 e. The largest absolute Gasteiger partial charge is 0.481 e. The summed E-state index contributed by atoms with van der Waals surface area (Å²) in [6, 6.07) is -0.487. The van der Waals surface area contributed by atoms with Crippen molar-refractivity contribution in [3.8, 4) is 0 Å². The molecule has 1 heterocycles. The molecule has 1 aliphatic rings. The van der Waals surface area contributed by atoms with Gasteiger partial charge in [0.05, 0.1) is 12.5 Å². The molecule has 1 rings (SSSR count). The third-order valence-corrected chi connectivity index (χ3v) is 2.69. The summed E-state index contributed by atoms with van der Waals surface area (Å²) in [6.45, 7) is 2.20. The van der Waals surface area contributed by atoms with E-state index in [4.69, 9.17) is 5.11 Å². The Labute approximate surface area is 98.9 Å². The van der Waals surface area contributed by atoms with Gasteiger partial charge in [0.15, 0.2) is 0 Å². The van der Waals surface area contributed by atoms with Gasteiger partial charge in [0.1, 0.15) is 6.04 Å². The Morgan fingerprint density at radius 2 is 2.29 bits per heavy atom. The van der Waals surface area contributed by atoms with Crippen LogP contribution in [0.15, 0.2) is 0 Å². The van der Waals surface area contributed by atoms with Crippen LogP contribution in [-0.2, 0) is 14.4 Å². The maximum absolute atomic E-state index is 11.6. The fraction of sp³-hybridized carbons (Fsp3) is 0.700. The highest BCUT2D eigenvalue weighted by molar-refractivity contribution is 5.87. The molecule has 7 nitrogen and oxygen atoms in total. The van der Waals surface area contributed by atoms with Crippen LogP contribution in [0, 0.1) is 5.92 Å².